The van der Waals surface area contributed by atoms with Crippen LogP contribution in [-0.2, 0) is 7.05 Å². The van der Waals surface area contributed by atoms with E-state index in [0.717, 1.165) is 23.6 Å². The quantitative estimate of drug-likeness (QED) is 0.883. The smallest absolute Gasteiger partial charge is 0.253 e. The topological polar surface area (TPSA) is 71.8 Å². The van der Waals surface area contributed by atoms with Crippen molar-refractivity contribution >= 4 is 11.6 Å². The second-order valence-corrected chi connectivity index (χ2v) is 5.07. The van der Waals surface area contributed by atoms with E-state index in [1.165, 1.54) is 0 Å². The molecule has 112 valence electrons. The van der Waals surface area contributed by atoms with Crippen molar-refractivity contribution < 1.29 is 4.79 Å². The summed E-state index contributed by atoms with van der Waals surface area (Å²) in [4.78, 5) is 12.5. The van der Waals surface area contributed by atoms with Crippen LogP contribution in [0.5, 0.6) is 0 Å². The van der Waals surface area contributed by atoms with Crippen LogP contribution in [0.25, 0.3) is 0 Å². The highest BCUT2D eigenvalue weighted by Crippen LogP contribution is 2.18. The number of nitrogens with one attached hydrogen (secondary N) is 2. The molecule has 1 heterocycles. The van der Waals surface area contributed by atoms with Gasteiger partial charge >= 0.3 is 0 Å². The Hall–Kier alpha value is -2.37. The fraction of sp³-hybridized carbons (Fsp3) is 0.400. The summed E-state index contributed by atoms with van der Waals surface area (Å²) in [6.07, 6.45) is 1.62. The fourth-order valence-electron chi connectivity index (χ4n) is 2.21. The Morgan fingerprint density at radius 2 is 2.19 bits per heavy atom. The highest BCUT2D eigenvalue weighted by atomic mass is 16.1. The van der Waals surface area contributed by atoms with Crippen LogP contribution in [0.2, 0.25) is 0 Å². The van der Waals surface area contributed by atoms with Gasteiger partial charge < -0.3 is 15.2 Å². The molecule has 2 rings (SSSR count). The van der Waals surface area contributed by atoms with E-state index in [2.05, 4.69) is 20.8 Å². The zero-order valence-corrected chi connectivity index (χ0v) is 12.8. The summed E-state index contributed by atoms with van der Waals surface area (Å²) in [6.45, 7) is 6.63. The summed E-state index contributed by atoms with van der Waals surface area (Å²) < 4.78 is 1.80. The largest absolute Gasteiger partial charge is 0.385 e. The van der Waals surface area contributed by atoms with E-state index in [1.54, 1.807) is 10.9 Å². The Labute approximate surface area is 124 Å². The minimum atomic E-state index is -0.208. The number of anilines is 1. The van der Waals surface area contributed by atoms with Gasteiger partial charge in [-0.3, -0.25) is 4.79 Å². The molecule has 2 aromatic rings. The van der Waals surface area contributed by atoms with Gasteiger partial charge in [-0.15, -0.1) is 10.2 Å². The molecule has 0 radical (unpaired) electrons. The van der Waals surface area contributed by atoms with Crippen LogP contribution in [0, 0.1) is 6.92 Å². The number of rotatable bonds is 5. The van der Waals surface area contributed by atoms with Crippen LogP contribution in [0.1, 0.15) is 41.6 Å². The van der Waals surface area contributed by atoms with Crippen molar-refractivity contribution in [1.82, 2.24) is 20.1 Å². The molecule has 0 aliphatic carbocycles. The predicted molar refractivity (Wildman–Crippen MR) is 82.2 cm³/mol. The van der Waals surface area contributed by atoms with E-state index < -0.39 is 0 Å². The number of benzene rings is 1. The minimum Gasteiger partial charge on any atom is -0.385 e. The van der Waals surface area contributed by atoms with E-state index in [-0.39, 0.29) is 11.9 Å². The predicted octanol–water partition coefficient (Wildman–Crippen LogP) is 2.05. The zero-order valence-electron chi connectivity index (χ0n) is 12.8. The third-order valence-corrected chi connectivity index (χ3v) is 3.27. The first-order valence-electron chi connectivity index (χ1n) is 7.02. The van der Waals surface area contributed by atoms with Gasteiger partial charge in [-0.25, -0.2) is 0 Å². The van der Waals surface area contributed by atoms with Crippen LogP contribution in [0.15, 0.2) is 24.5 Å². The maximum atomic E-state index is 12.5. The molecule has 0 spiro atoms. The number of aryl methyl sites for hydroxylation is 2. The average Bonchev–Trinajstić information content (AvgIpc) is 2.87. The third kappa shape index (κ3) is 3.39. The van der Waals surface area contributed by atoms with Gasteiger partial charge in [-0.1, -0.05) is 11.6 Å². The van der Waals surface area contributed by atoms with Crippen LogP contribution in [0.4, 0.5) is 5.69 Å². The molecule has 1 aromatic carbocycles. The van der Waals surface area contributed by atoms with E-state index in [9.17, 15) is 4.79 Å². The monoisotopic (exact) mass is 287 g/mol. The Kier molecular flexibility index (Phi) is 4.57. The number of hydrogen-bond acceptors (Lipinski definition) is 4. The fourth-order valence-corrected chi connectivity index (χ4v) is 2.21. The molecule has 0 saturated carbocycles. The molecule has 0 fully saturated rings. The van der Waals surface area contributed by atoms with Crippen molar-refractivity contribution in [2.45, 2.75) is 26.8 Å². The average molecular weight is 287 g/mol. The number of carbonyl (C=O) groups excluding carboxylic acids is 1. The van der Waals surface area contributed by atoms with Crippen molar-refractivity contribution in [3.05, 3.63) is 41.5 Å². The van der Waals surface area contributed by atoms with E-state index in [4.69, 9.17) is 0 Å². The molecule has 0 bridgehead atoms. The number of aromatic nitrogens is 3. The maximum Gasteiger partial charge on any atom is 0.253 e. The van der Waals surface area contributed by atoms with E-state index >= 15 is 0 Å². The highest BCUT2D eigenvalue weighted by molar-refractivity contribution is 6.00. The summed E-state index contributed by atoms with van der Waals surface area (Å²) in [7, 11) is 1.86. The van der Waals surface area contributed by atoms with Gasteiger partial charge in [0, 0.05) is 19.3 Å². The summed E-state index contributed by atoms with van der Waals surface area (Å²) in [5.41, 5.74) is 2.53. The zero-order chi connectivity index (χ0) is 15.4. The molecule has 1 aromatic heterocycles. The van der Waals surface area contributed by atoms with Gasteiger partial charge in [0.2, 0.25) is 0 Å². The molecule has 21 heavy (non-hydrogen) atoms. The summed E-state index contributed by atoms with van der Waals surface area (Å²) in [5.74, 6) is 0.603. The standard InChI is InChI=1S/C15H21N5O/c1-5-16-13-7-6-10(2)8-12(13)15(21)18-11(3)14-19-17-9-20(14)4/h6-9,11,16H,5H2,1-4H3,(H,18,21). The van der Waals surface area contributed by atoms with Gasteiger partial charge in [0.25, 0.3) is 5.91 Å². The SMILES string of the molecule is CCNc1ccc(C)cc1C(=O)NC(C)c1nncn1C. The molecule has 0 saturated heterocycles. The molecule has 6 nitrogen and oxygen atoms in total. The van der Waals surface area contributed by atoms with Crippen molar-refractivity contribution in [2.24, 2.45) is 7.05 Å². The lowest BCUT2D eigenvalue weighted by molar-refractivity contribution is 0.0938. The Bertz CT molecular complexity index is 635. The molecule has 1 atom stereocenters. The lowest BCUT2D eigenvalue weighted by Crippen LogP contribution is -2.29. The first-order valence-corrected chi connectivity index (χ1v) is 7.02. The molecule has 1 unspecified atom stereocenters. The van der Waals surface area contributed by atoms with Gasteiger partial charge in [0.15, 0.2) is 5.82 Å². The van der Waals surface area contributed by atoms with E-state index in [0.29, 0.717) is 5.56 Å². The number of hydrogen-bond donors (Lipinski definition) is 2. The maximum absolute atomic E-state index is 12.5. The summed E-state index contributed by atoms with van der Waals surface area (Å²) in [6, 6.07) is 5.60. The van der Waals surface area contributed by atoms with Gasteiger partial charge in [0.05, 0.1) is 11.6 Å². The third-order valence-electron chi connectivity index (χ3n) is 3.27. The van der Waals surface area contributed by atoms with E-state index in [1.807, 2.05) is 46.0 Å². The van der Waals surface area contributed by atoms with Crippen LogP contribution < -0.4 is 10.6 Å². The minimum absolute atomic E-state index is 0.120. The summed E-state index contributed by atoms with van der Waals surface area (Å²) >= 11 is 0. The molecule has 2 N–H and O–H groups in total. The molecular weight excluding hydrogens is 266 g/mol. The normalized spacial score (nSPS) is 12.0. The van der Waals surface area contributed by atoms with Crippen molar-refractivity contribution in [3.8, 4) is 0 Å². The van der Waals surface area contributed by atoms with Crippen molar-refractivity contribution in [3.63, 3.8) is 0 Å². The first-order chi connectivity index (χ1) is 10.0. The Balaban J connectivity index is 2.20. The van der Waals surface area contributed by atoms with Crippen molar-refractivity contribution in [2.75, 3.05) is 11.9 Å². The second-order valence-electron chi connectivity index (χ2n) is 5.07. The molecule has 0 aliphatic rings. The van der Waals surface area contributed by atoms with Crippen LogP contribution >= 0.6 is 0 Å². The Morgan fingerprint density at radius 3 is 2.81 bits per heavy atom. The number of nitrogens with zero attached hydrogens (tertiary/aromatic N) is 3. The highest BCUT2D eigenvalue weighted by Gasteiger charge is 2.17. The second kappa shape index (κ2) is 6.39. The molecule has 1 amide bonds. The van der Waals surface area contributed by atoms with Crippen LogP contribution in [0.3, 0.4) is 0 Å². The molecular formula is C15H21N5O. The number of amides is 1. The first kappa shape index (κ1) is 15.0. The van der Waals surface area contributed by atoms with Gasteiger partial charge in [0.1, 0.15) is 6.33 Å². The van der Waals surface area contributed by atoms with Crippen LogP contribution in [-0.4, -0.2) is 27.2 Å². The molecule has 6 heteroatoms. The molecule has 0 aliphatic heterocycles. The summed E-state index contributed by atoms with van der Waals surface area (Å²) in [5, 5.41) is 14.0. The lowest BCUT2D eigenvalue weighted by atomic mass is 10.1. The van der Waals surface area contributed by atoms with Gasteiger partial charge in [-0.2, -0.15) is 0 Å². The number of carbonyl (C=O) groups is 1. The van der Waals surface area contributed by atoms with Crippen molar-refractivity contribution in [1.29, 1.82) is 0 Å². The lowest BCUT2D eigenvalue weighted by Gasteiger charge is -2.16. The van der Waals surface area contributed by atoms with Gasteiger partial charge in [-0.05, 0) is 32.9 Å². The Morgan fingerprint density at radius 1 is 1.43 bits per heavy atom.